The van der Waals surface area contributed by atoms with Crippen molar-refractivity contribution in [1.29, 1.82) is 0 Å². The van der Waals surface area contributed by atoms with Gasteiger partial charge in [0, 0.05) is 37.3 Å². The highest BCUT2D eigenvalue weighted by Gasteiger charge is 2.44. The van der Waals surface area contributed by atoms with Gasteiger partial charge in [0.1, 0.15) is 11.9 Å². The van der Waals surface area contributed by atoms with Crippen LogP contribution >= 0.6 is 0 Å². The lowest BCUT2D eigenvalue weighted by molar-refractivity contribution is -0.00805. The van der Waals surface area contributed by atoms with Gasteiger partial charge in [-0.1, -0.05) is 12.1 Å². The van der Waals surface area contributed by atoms with Crippen molar-refractivity contribution < 1.29 is 9.13 Å². The summed E-state index contributed by atoms with van der Waals surface area (Å²) in [7, 11) is 1.91. The number of halogens is 1. The van der Waals surface area contributed by atoms with Crippen LogP contribution in [0, 0.1) is 5.82 Å². The molecular formula is C21H28FN5O. The van der Waals surface area contributed by atoms with Crippen LogP contribution in [0.5, 0.6) is 0 Å². The average Bonchev–Trinajstić information content (AvgIpc) is 3.38. The van der Waals surface area contributed by atoms with E-state index >= 15 is 0 Å². The number of ether oxygens (including phenoxy) is 1. The first-order valence-electron chi connectivity index (χ1n) is 9.99. The van der Waals surface area contributed by atoms with Gasteiger partial charge in [-0.2, -0.15) is 5.10 Å². The maximum atomic E-state index is 13.7. The molecule has 0 radical (unpaired) electrons. The van der Waals surface area contributed by atoms with Crippen molar-refractivity contribution in [3.8, 4) is 0 Å². The predicted octanol–water partition coefficient (Wildman–Crippen LogP) is 2.63. The molecule has 28 heavy (non-hydrogen) atoms. The van der Waals surface area contributed by atoms with Gasteiger partial charge in [0.25, 0.3) is 0 Å². The number of benzene rings is 1. The van der Waals surface area contributed by atoms with Gasteiger partial charge in [-0.05, 0) is 37.5 Å². The molecule has 1 N–H and O–H groups in total. The van der Waals surface area contributed by atoms with E-state index in [2.05, 4.69) is 22.2 Å². The Labute approximate surface area is 165 Å². The second-order valence-electron chi connectivity index (χ2n) is 7.71. The highest BCUT2D eigenvalue weighted by molar-refractivity contribution is 5.80. The molecule has 1 aliphatic heterocycles. The normalized spacial score (nSPS) is 21.6. The molecule has 2 heterocycles. The van der Waals surface area contributed by atoms with Crippen molar-refractivity contribution in [2.45, 2.75) is 31.3 Å². The van der Waals surface area contributed by atoms with Gasteiger partial charge >= 0.3 is 0 Å². The maximum absolute atomic E-state index is 13.7. The topological polar surface area (TPSA) is 54.7 Å². The molecule has 1 aromatic carbocycles. The van der Waals surface area contributed by atoms with E-state index < -0.39 is 0 Å². The predicted molar refractivity (Wildman–Crippen MR) is 107 cm³/mol. The fraction of sp³-hybridized carbons (Fsp3) is 0.524. The minimum Gasteiger partial charge on any atom is -0.370 e. The first-order chi connectivity index (χ1) is 13.6. The summed E-state index contributed by atoms with van der Waals surface area (Å²) >= 11 is 0. The molecule has 2 aromatic rings. The number of hydrogen-bond acceptors (Lipinski definition) is 3. The Bertz CT molecular complexity index is 845. The summed E-state index contributed by atoms with van der Waals surface area (Å²) in [6.07, 6.45) is 5.97. The zero-order valence-corrected chi connectivity index (χ0v) is 16.6. The van der Waals surface area contributed by atoms with Gasteiger partial charge in [0.2, 0.25) is 0 Å². The Morgan fingerprint density at radius 3 is 2.96 bits per heavy atom. The number of nitrogens with one attached hydrogen (secondary N) is 1. The van der Waals surface area contributed by atoms with Crippen LogP contribution in [0.4, 0.5) is 4.39 Å². The van der Waals surface area contributed by atoms with E-state index in [1.165, 1.54) is 6.07 Å². The Hall–Kier alpha value is -2.41. The monoisotopic (exact) mass is 385 g/mol. The maximum Gasteiger partial charge on any atom is 0.194 e. The third kappa shape index (κ3) is 4.04. The Morgan fingerprint density at radius 1 is 1.43 bits per heavy atom. The number of hydrogen-bond donors (Lipinski definition) is 1. The van der Waals surface area contributed by atoms with E-state index in [0.29, 0.717) is 13.2 Å². The SMILES string of the molecule is CCNC(=NCC1(c2cccc(F)c2)CC1)N1CCOC(c2cnn(C)c2)C1. The Morgan fingerprint density at radius 2 is 2.29 bits per heavy atom. The van der Waals surface area contributed by atoms with Crippen molar-refractivity contribution in [2.24, 2.45) is 12.0 Å². The standard InChI is InChI=1S/C21H28FN5O/c1-3-23-20(24-15-21(7-8-21)17-5-4-6-18(22)11-17)27-9-10-28-19(14-27)16-12-25-26(2)13-16/h4-6,11-13,19H,3,7-10,14-15H2,1-2H3,(H,23,24). The molecule has 0 bridgehead atoms. The van der Waals surface area contributed by atoms with Crippen LogP contribution in [-0.2, 0) is 17.2 Å². The van der Waals surface area contributed by atoms with E-state index in [4.69, 9.17) is 9.73 Å². The minimum absolute atomic E-state index is 0.00981. The lowest BCUT2D eigenvalue weighted by atomic mass is 9.96. The summed E-state index contributed by atoms with van der Waals surface area (Å²) in [5.41, 5.74) is 2.13. The number of guanidine groups is 1. The molecule has 2 fully saturated rings. The van der Waals surface area contributed by atoms with E-state index in [0.717, 1.165) is 49.6 Å². The first-order valence-corrected chi connectivity index (χ1v) is 9.99. The van der Waals surface area contributed by atoms with Gasteiger partial charge in [-0.15, -0.1) is 0 Å². The van der Waals surface area contributed by atoms with Crippen molar-refractivity contribution in [1.82, 2.24) is 20.0 Å². The summed E-state index contributed by atoms with van der Waals surface area (Å²) in [6.45, 7) is 5.75. The number of aryl methyl sites for hydroxylation is 1. The molecule has 1 unspecified atom stereocenters. The van der Waals surface area contributed by atoms with Crippen molar-refractivity contribution >= 4 is 5.96 Å². The molecular weight excluding hydrogens is 357 g/mol. The lowest BCUT2D eigenvalue weighted by Crippen LogP contribution is -2.48. The highest BCUT2D eigenvalue weighted by Crippen LogP contribution is 2.48. The minimum atomic E-state index is -0.174. The van der Waals surface area contributed by atoms with Crippen molar-refractivity contribution in [3.05, 3.63) is 53.6 Å². The summed E-state index contributed by atoms with van der Waals surface area (Å²) in [5, 5.41) is 7.68. The fourth-order valence-corrected chi connectivity index (χ4v) is 3.81. The summed E-state index contributed by atoms with van der Waals surface area (Å²) < 4.78 is 21.4. The molecule has 1 saturated carbocycles. The Kier molecular flexibility index (Phi) is 5.35. The number of aliphatic imine (C=N–C) groups is 1. The highest BCUT2D eigenvalue weighted by atomic mass is 19.1. The first kappa shape index (κ1) is 18.9. The van der Waals surface area contributed by atoms with Crippen molar-refractivity contribution in [3.63, 3.8) is 0 Å². The van der Waals surface area contributed by atoms with Crippen LogP contribution in [0.25, 0.3) is 0 Å². The molecule has 4 rings (SSSR count). The molecule has 150 valence electrons. The van der Waals surface area contributed by atoms with Crippen LogP contribution < -0.4 is 5.32 Å². The van der Waals surface area contributed by atoms with Gasteiger partial charge < -0.3 is 15.0 Å². The Balaban J connectivity index is 1.48. The van der Waals surface area contributed by atoms with Gasteiger partial charge in [-0.3, -0.25) is 9.67 Å². The quantitative estimate of drug-likeness (QED) is 0.635. The molecule has 0 amide bonds. The molecule has 1 aliphatic carbocycles. The van der Waals surface area contributed by atoms with E-state index in [9.17, 15) is 4.39 Å². The van der Waals surface area contributed by atoms with Gasteiger partial charge in [-0.25, -0.2) is 4.39 Å². The fourth-order valence-electron chi connectivity index (χ4n) is 3.81. The average molecular weight is 385 g/mol. The number of nitrogens with zero attached hydrogens (tertiary/aromatic N) is 4. The molecule has 0 spiro atoms. The number of aromatic nitrogens is 2. The van der Waals surface area contributed by atoms with E-state index in [1.807, 2.05) is 25.5 Å². The molecule has 7 heteroatoms. The van der Waals surface area contributed by atoms with Gasteiger partial charge in [0.05, 0.1) is 25.9 Å². The summed E-state index contributed by atoms with van der Waals surface area (Å²) in [5.74, 6) is 0.731. The second-order valence-corrected chi connectivity index (χ2v) is 7.71. The van der Waals surface area contributed by atoms with Crippen LogP contribution in [-0.4, -0.2) is 53.4 Å². The second kappa shape index (κ2) is 7.91. The molecule has 1 aromatic heterocycles. The van der Waals surface area contributed by atoms with Crippen LogP contribution in [0.3, 0.4) is 0 Å². The van der Waals surface area contributed by atoms with E-state index in [1.54, 1.807) is 16.8 Å². The molecule has 6 nitrogen and oxygen atoms in total. The third-order valence-electron chi connectivity index (χ3n) is 5.62. The van der Waals surface area contributed by atoms with Crippen LogP contribution in [0.1, 0.15) is 37.0 Å². The summed E-state index contributed by atoms with van der Waals surface area (Å²) in [4.78, 5) is 7.20. The molecule has 1 saturated heterocycles. The third-order valence-corrected chi connectivity index (χ3v) is 5.62. The van der Waals surface area contributed by atoms with E-state index in [-0.39, 0.29) is 17.3 Å². The lowest BCUT2D eigenvalue weighted by Gasteiger charge is -2.35. The zero-order valence-electron chi connectivity index (χ0n) is 16.6. The molecule has 2 aliphatic rings. The molecule has 1 atom stereocenters. The van der Waals surface area contributed by atoms with Gasteiger partial charge in [0.15, 0.2) is 5.96 Å². The van der Waals surface area contributed by atoms with Crippen LogP contribution in [0.2, 0.25) is 0 Å². The largest absolute Gasteiger partial charge is 0.370 e. The summed E-state index contributed by atoms with van der Waals surface area (Å²) in [6, 6.07) is 6.97. The number of morpholine rings is 1. The zero-order chi connectivity index (χ0) is 19.6. The van der Waals surface area contributed by atoms with Crippen LogP contribution in [0.15, 0.2) is 41.7 Å². The number of rotatable bonds is 5. The van der Waals surface area contributed by atoms with Crippen molar-refractivity contribution in [2.75, 3.05) is 32.8 Å². The smallest absolute Gasteiger partial charge is 0.194 e.